The SMILES string of the molecule is CC(CC1CCC1)NCc1ncn(C)n1. The first-order valence-corrected chi connectivity index (χ1v) is 5.82. The van der Waals surface area contributed by atoms with E-state index in [0.29, 0.717) is 6.04 Å². The first-order valence-electron chi connectivity index (χ1n) is 5.82. The Morgan fingerprint density at radius 3 is 2.93 bits per heavy atom. The van der Waals surface area contributed by atoms with Gasteiger partial charge in [-0.25, -0.2) is 4.98 Å². The minimum absolute atomic E-state index is 0.583. The molecule has 4 nitrogen and oxygen atoms in total. The molecule has 0 aliphatic heterocycles. The van der Waals surface area contributed by atoms with Crippen LogP contribution in [0.5, 0.6) is 0 Å². The number of aryl methyl sites for hydroxylation is 1. The van der Waals surface area contributed by atoms with Crippen molar-refractivity contribution in [1.82, 2.24) is 20.1 Å². The van der Waals surface area contributed by atoms with Crippen LogP contribution in [0.2, 0.25) is 0 Å². The number of hydrogen-bond acceptors (Lipinski definition) is 3. The molecular weight excluding hydrogens is 188 g/mol. The Balaban J connectivity index is 1.68. The molecule has 84 valence electrons. The highest BCUT2D eigenvalue weighted by Gasteiger charge is 2.19. The van der Waals surface area contributed by atoms with Gasteiger partial charge in [-0.1, -0.05) is 19.3 Å². The average molecular weight is 208 g/mol. The van der Waals surface area contributed by atoms with Crippen LogP contribution in [-0.4, -0.2) is 20.8 Å². The van der Waals surface area contributed by atoms with Crippen LogP contribution in [0.1, 0.15) is 38.4 Å². The van der Waals surface area contributed by atoms with Crippen molar-refractivity contribution in [3.8, 4) is 0 Å². The lowest BCUT2D eigenvalue weighted by atomic mass is 9.81. The number of hydrogen-bond donors (Lipinski definition) is 1. The molecule has 0 saturated heterocycles. The van der Waals surface area contributed by atoms with E-state index in [1.54, 1.807) is 11.0 Å². The van der Waals surface area contributed by atoms with Crippen LogP contribution >= 0.6 is 0 Å². The van der Waals surface area contributed by atoms with Gasteiger partial charge < -0.3 is 5.32 Å². The third-order valence-corrected chi connectivity index (χ3v) is 3.17. The zero-order valence-electron chi connectivity index (χ0n) is 9.61. The second kappa shape index (κ2) is 4.75. The number of rotatable bonds is 5. The summed E-state index contributed by atoms with van der Waals surface area (Å²) in [6.07, 6.45) is 7.32. The van der Waals surface area contributed by atoms with Gasteiger partial charge in [0.25, 0.3) is 0 Å². The number of aromatic nitrogens is 3. The lowest BCUT2D eigenvalue weighted by Crippen LogP contribution is -2.30. The Labute approximate surface area is 91.1 Å². The van der Waals surface area contributed by atoms with E-state index in [4.69, 9.17) is 0 Å². The largest absolute Gasteiger partial charge is 0.307 e. The van der Waals surface area contributed by atoms with Crippen LogP contribution < -0.4 is 5.32 Å². The van der Waals surface area contributed by atoms with Crippen LogP contribution in [-0.2, 0) is 13.6 Å². The van der Waals surface area contributed by atoms with E-state index in [1.165, 1.54) is 25.7 Å². The van der Waals surface area contributed by atoms with Crippen LogP contribution in [0.15, 0.2) is 6.33 Å². The maximum absolute atomic E-state index is 4.24. The predicted molar refractivity (Wildman–Crippen MR) is 59.3 cm³/mol. The third-order valence-electron chi connectivity index (χ3n) is 3.17. The molecule has 1 saturated carbocycles. The van der Waals surface area contributed by atoms with Gasteiger partial charge in [0, 0.05) is 13.1 Å². The molecule has 1 aliphatic rings. The molecule has 1 heterocycles. The van der Waals surface area contributed by atoms with Crippen LogP contribution in [0.3, 0.4) is 0 Å². The van der Waals surface area contributed by atoms with Crippen LogP contribution in [0.25, 0.3) is 0 Å². The zero-order valence-corrected chi connectivity index (χ0v) is 9.61. The van der Waals surface area contributed by atoms with Crippen molar-refractivity contribution in [2.75, 3.05) is 0 Å². The zero-order chi connectivity index (χ0) is 10.7. The lowest BCUT2D eigenvalue weighted by Gasteiger charge is -2.28. The molecular formula is C11H20N4. The summed E-state index contributed by atoms with van der Waals surface area (Å²) in [6, 6.07) is 0.583. The van der Waals surface area contributed by atoms with E-state index in [-0.39, 0.29) is 0 Å². The molecule has 0 bridgehead atoms. The van der Waals surface area contributed by atoms with Gasteiger partial charge in [-0.05, 0) is 19.3 Å². The molecule has 1 aliphatic carbocycles. The fraction of sp³-hybridized carbons (Fsp3) is 0.818. The third kappa shape index (κ3) is 3.02. The highest BCUT2D eigenvalue weighted by Crippen LogP contribution is 2.30. The Hall–Kier alpha value is -0.900. The Morgan fingerprint density at radius 2 is 2.40 bits per heavy atom. The van der Waals surface area contributed by atoms with Crippen molar-refractivity contribution in [2.24, 2.45) is 13.0 Å². The molecule has 15 heavy (non-hydrogen) atoms. The molecule has 0 spiro atoms. The van der Waals surface area contributed by atoms with E-state index >= 15 is 0 Å². The highest BCUT2D eigenvalue weighted by molar-refractivity contribution is 4.82. The van der Waals surface area contributed by atoms with E-state index < -0.39 is 0 Å². The summed E-state index contributed by atoms with van der Waals surface area (Å²) in [7, 11) is 1.90. The fourth-order valence-corrected chi connectivity index (χ4v) is 2.04. The Bertz CT molecular complexity index is 303. The average Bonchev–Trinajstić information content (AvgIpc) is 2.55. The molecule has 1 N–H and O–H groups in total. The first kappa shape index (κ1) is 10.6. The van der Waals surface area contributed by atoms with Gasteiger partial charge in [0.2, 0.25) is 0 Å². The highest BCUT2D eigenvalue weighted by atomic mass is 15.3. The predicted octanol–water partition coefficient (Wildman–Crippen LogP) is 1.48. The van der Waals surface area contributed by atoms with Gasteiger partial charge in [0.05, 0.1) is 6.54 Å². The van der Waals surface area contributed by atoms with Crippen molar-refractivity contribution in [3.05, 3.63) is 12.2 Å². The summed E-state index contributed by atoms with van der Waals surface area (Å²) in [5.74, 6) is 1.85. The molecule has 1 fully saturated rings. The molecule has 0 aromatic carbocycles. The van der Waals surface area contributed by atoms with E-state index in [9.17, 15) is 0 Å². The second-order valence-electron chi connectivity index (χ2n) is 4.65. The molecule has 0 amide bonds. The van der Waals surface area contributed by atoms with Crippen molar-refractivity contribution >= 4 is 0 Å². The van der Waals surface area contributed by atoms with Gasteiger partial charge in [0.15, 0.2) is 5.82 Å². The van der Waals surface area contributed by atoms with Gasteiger partial charge >= 0.3 is 0 Å². The summed E-state index contributed by atoms with van der Waals surface area (Å²) in [5.41, 5.74) is 0. The minimum Gasteiger partial charge on any atom is -0.307 e. The van der Waals surface area contributed by atoms with Crippen molar-refractivity contribution in [1.29, 1.82) is 0 Å². The van der Waals surface area contributed by atoms with Gasteiger partial charge in [-0.3, -0.25) is 4.68 Å². The smallest absolute Gasteiger partial charge is 0.164 e. The molecule has 1 atom stereocenters. The maximum atomic E-state index is 4.24. The van der Waals surface area contributed by atoms with Gasteiger partial charge in [0.1, 0.15) is 6.33 Å². The standard InChI is InChI=1S/C11H20N4/c1-9(6-10-4-3-5-10)12-7-11-13-8-15(2)14-11/h8-10,12H,3-7H2,1-2H3. The quantitative estimate of drug-likeness (QED) is 0.797. The maximum Gasteiger partial charge on any atom is 0.164 e. The van der Waals surface area contributed by atoms with Crippen LogP contribution in [0.4, 0.5) is 0 Å². The van der Waals surface area contributed by atoms with Crippen molar-refractivity contribution < 1.29 is 0 Å². The summed E-state index contributed by atoms with van der Waals surface area (Å²) in [4.78, 5) is 4.19. The van der Waals surface area contributed by atoms with Gasteiger partial charge in [-0.2, -0.15) is 5.10 Å². The van der Waals surface area contributed by atoms with E-state index in [0.717, 1.165) is 18.3 Å². The molecule has 2 rings (SSSR count). The fourth-order valence-electron chi connectivity index (χ4n) is 2.04. The first-order chi connectivity index (χ1) is 7.24. The van der Waals surface area contributed by atoms with E-state index in [2.05, 4.69) is 22.3 Å². The molecule has 4 heteroatoms. The molecule has 1 aromatic rings. The summed E-state index contributed by atoms with van der Waals surface area (Å²) in [6.45, 7) is 3.04. The van der Waals surface area contributed by atoms with Crippen molar-refractivity contribution in [2.45, 2.75) is 45.2 Å². The molecule has 1 unspecified atom stereocenters. The summed E-state index contributed by atoms with van der Waals surface area (Å²) < 4.78 is 1.74. The number of nitrogens with one attached hydrogen (secondary N) is 1. The van der Waals surface area contributed by atoms with Crippen LogP contribution in [0, 0.1) is 5.92 Å². The molecule has 0 radical (unpaired) electrons. The minimum atomic E-state index is 0.583. The summed E-state index contributed by atoms with van der Waals surface area (Å²) >= 11 is 0. The Kier molecular flexibility index (Phi) is 3.36. The monoisotopic (exact) mass is 208 g/mol. The number of nitrogens with zero attached hydrogens (tertiary/aromatic N) is 3. The molecule has 1 aromatic heterocycles. The van der Waals surface area contributed by atoms with Gasteiger partial charge in [-0.15, -0.1) is 0 Å². The normalized spacial score (nSPS) is 18.8. The van der Waals surface area contributed by atoms with E-state index in [1.807, 2.05) is 7.05 Å². The lowest BCUT2D eigenvalue weighted by molar-refractivity contribution is 0.265. The summed E-state index contributed by atoms with van der Waals surface area (Å²) in [5, 5.41) is 7.71. The Morgan fingerprint density at radius 1 is 1.60 bits per heavy atom. The second-order valence-corrected chi connectivity index (χ2v) is 4.65. The topological polar surface area (TPSA) is 42.7 Å². The van der Waals surface area contributed by atoms with Crippen molar-refractivity contribution in [3.63, 3.8) is 0 Å².